The third-order valence-corrected chi connectivity index (χ3v) is 6.74. The van der Waals surface area contributed by atoms with Crippen LogP contribution in [-0.4, -0.2) is 52.1 Å². The van der Waals surface area contributed by atoms with E-state index in [0.717, 1.165) is 31.4 Å². The number of urea groups is 1. The largest absolute Gasteiger partial charge is 0.481 e. The van der Waals surface area contributed by atoms with Gasteiger partial charge >= 0.3 is 12.0 Å². The van der Waals surface area contributed by atoms with E-state index in [9.17, 15) is 14.4 Å². The van der Waals surface area contributed by atoms with Crippen molar-refractivity contribution in [2.24, 2.45) is 5.92 Å². The van der Waals surface area contributed by atoms with E-state index in [0.29, 0.717) is 24.5 Å². The van der Waals surface area contributed by atoms with Gasteiger partial charge in [0.15, 0.2) is 0 Å². The number of carboxylic acid groups (broad SMARTS) is 1. The van der Waals surface area contributed by atoms with Crippen LogP contribution in [0.4, 0.5) is 4.79 Å². The summed E-state index contributed by atoms with van der Waals surface area (Å²) in [4.78, 5) is 34.2. The molecular formula is C16H25N3O4S. The summed E-state index contributed by atoms with van der Waals surface area (Å²) in [6, 6.07) is 0.429. The topological polar surface area (TPSA) is 108 Å². The van der Waals surface area contributed by atoms with Crippen LogP contribution in [0.3, 0.4) is 0 Å². The minimum atomic E-state index is -0.757. The normalized spacial score (nSPS) is 34.5. The molecule has 2 aliphatic heterocycles. The van der Waals surface area contributed by atoms with Crippen LogP contribution in [0.25, 0.3) is 0 Å². The molecule has 1 saturated carbocycles. The van der Waals surface area contributed by atoms with Gasteiger partial charge in [0.1, 0.15) is 0 Å². The number of carboxylic acids is 1. The highest BCUT2D eigenvalue weighted by molar-refractivity contribution is 8.00. The van der Waals surface area contributed by atoms with E-state index < -0.39 is 5.97 Å². The summed E-state index contributed by atoms with van der Waals surface area (Å²) in [5.41, 5.74) is 0. The fraction of sp³-hybridized carbons (Fsp3) is 0.812. The quantitative estimate of drug-likeness (QED) is 0.404. The number of aliphatic carboxylic acids is 1. The van der Waals surface area contributed by atoms with E-state index in [-0.39, 0.29) is 36.0 Å². The Labute approximate surface area is 145 Å². The Morgan fingerprint density at radius 1 is 1.25 bits per heavy atom. The predicted molar refractivity (Wildman–Crippen MR) is 90.9 cm³/mol. The highest BCUT2D eigenvalue weighted by atomic mass is 32.2. The number of carbonyl (C=O) groups excluding carboxylic acids is 2. The number of hydrogen-bond donors (Lipinski definition) is 4. The lowest BCUT2D eigenvalue weighted by atomic mass is 10.0. The zero-order valence-electron chi connectivity index (χ0n) is 13.6. The molecule has 0 aromatic rings. The molecular weight excluding hydrogens is 330 g/mol. The molecule has 1 aliphatic carbocycles. The second-order valence-corrected chi connectivity index (χ2v) is 8.25. The summed E-state index contributed by atoms with van der Waals surface area (Å²) in [6.07, 6.45) is 5.26. The number of carbonyl (C=O) groups is 3. The van der Waals surface area contributed by atoms with Gasteiger partial charge in [0.05, 0.1) is 18.0 Å². The number of thioether (sulfide) groups is 1. The van der Waals surface area contributed by atoms with Gasteiger partial charge in [0.25, 0.3) is 0 Å². The van der Waals surface area contributed by atoms with E-state index in [2.05, 4.69) is 16.0 Å². The first kappa shape index (κ1) is 17.4. The summed E-state index contributed by atoms with van der Waals surface area (Å²) in [5.74, 6) is -0.0784. The first-order chi connectivity index (χ1) is 11.5. The Morgan fingerprint density at radius 2 is 2.08 bits per heavy atom. The highest BCUT2D eigenvalue weighted by Gasteiger charge is 2.42. The molecule has 24 heavy (non-hydrogen) atoms. The van der Waals surface area contributed by atoms with Gasteiger partial charge in [-0.3, -0.25) is 9.59 Å². The summed E-state index contributed by atoms with van der Waals surface area (Å²) >= 11 is 1.89. The second kappa shape index (κ2) is 7.63. The number of hydrogen-bond acceptors (Lipinski definition) is 4. The summed E-state index contributed by atoms with van der Waals surface area (Å²) in [7, 11) is 0. The first-order valence-corrected chi connectivity index (χ1v) is 9.78. The maximum Gasteiger partial charge on any atom is 0.315 e. The van der Waals surface area contributed by atoms with Crippen molar-refractivity contribution in [3.8, 4) is 0 Å². The molecule has 4 N–H and O–H groups in total. The lowest BCUT2D eigenvalue weighted by Crippen LogP contribution is -2.36. The van der Waals surface area contributed by atoms with E-state index in [1.807, 2.05) is 11.8 Å². The van der Waals surface area contributed by atoms with E-state index in [1.54, 1.807) is 0 Å². The molecule has 8 heteroatoms. The van der Waals surface area contributed by atoms with Crippen LogP contribution in [0.15, 0.2) is 0 Å². The van der Waals surface area contributed by atoms with Gasteiger partial charge in [0, 0.05) is 23.5 Å². The molecule has 7 nitrogen and oxygen atoms in total. The molecule has 3 aliphatic rings. The van der Waals surface area contributed by atoms with Crippen molar-refractivity contribution in [1.29, 1.82) is 0 Å². The van der Waals surface area contributed by atoms with Crippen LogP contribution < -0.4 is 16.0 Å². The number of nitrogens with one attached hydrogen (secondary N) is 3. The summed E-state index contributed by atoms with van der Waals surface area (Å²) < 4.78 is 0. The van der Waals surface area contributed by atoms with Crippen LogP contribution in [0.5, 0.6) is 0 Å². The zero-order chi connectivity index (χ0) is 17.1. The zero-order valence-corrected chi connectivity index (χ0v) is 14.4. The number of fused-ring (bicyclic) bond motifs is 1. The molecule has 0 aromatic carbocycles. The number of rotatable bonds is 7. The van der Waals surface area contributed by atoms with Crippen molar-refractivity contribution in [3.63, 3.8) is 0 Å². The molecule has 0 radical (unpaired) electrons. The van der Waals surface area contributed by atoms with Crippen molar-refractivity contribution in [2.75, 3.05) is 5.75 Å². The fourth-order valence-corrected chi connectivity index (χ4v) is 5.45. The molecule has 0 spiro atoms. The number of amides is 3. The maximum atomic E-state index is 12.0. The minimum Gasteiger partial charge on any atom is -0.481 e. The molecule has 0 aromatic heterocycles. The van der Waals surface area contributed by atoms with Crippen molar-refractivity contribution in [1.82, 2.24) is 16.0 Å². The third-order valence-electron chi connectivity index (χ3n) is 5.23. The number of unbranched alkanes of at least 4 members (excludes halogenated alkanes) is 1. The molecule has 5 atom stereocenters. The van der Waals surface area contributed by atoms with Gasteiger partial charge in [-0.05, 0) is 32.1 Å². The van der Waals surface area contributed by atoms with Gasteiger partial charge in [-0.2, -0.15) is 11.8 Å². The standard InChI is InChI=1S/C16H25N3O4S/c20-13(17-10-6-5-9(7-10)15(21)22)4-2-1-3-12-14-11(8-24-12)18-16(23)19-14/h9-12,14H,1-8H2,(H,17,20)(H,21,22)(H2,18,19,23)/t9-,10+,11-,12-,14-/m0/s1. The Kier molecular flexibility index (Phi) is 5.53. The van der Waals surface area contributed by atoms with Gasteiger partial charge in [-0.25, -0.2) is 4.79 Å². The van der Waals surface area contributed by atoms with Crippen LogP contribution in [0.2, 0.25) is 0 Å². The summed E-state index contributed by atoms with van der Waals surface area (Å²) in [6.45, 7) is 0. The average Bonchev–Trinajstić information content (AvgIpc) is 3.20. The Bertz CT molecular complexity index is 516. The lowest BCUT2D eigenvalue weighted by molar-refractivity contribution is -0.141. The maximum absolute atomic E-state index is 12.0. The van der Waals surface area contributed by atoms with Gasteiger partial charge < -0.3 is 21.1 Å². The molecule has 134 valence electrons. The highest BCUT2D eigenvalue weighted by Crippen LogP contribution is 2.33. The second-order valence-electron chi connectivity index (χ2n) is 6.98. The van der Waals surface area contributed by atoms with Crippen molar-refractivity contribution < 1.29 is 19.5 Å². The molecule has 3 rings (SSSR count). The summed E-state index contributed by atoms with van der Waals surface area (Å²) in [5, 5.41) is 18.3. The Morgan fingerprint density at radius 3 is 2.83 bits per heavy atom. The van der Waals surface area contributed by atoms with Crippen LogP contribution in [0.1, 0.15) is 44.9 Å². The van der Waals surface area contributed by atoms with Crippen LogP contribution in [0, 0.1) is 5.92 Å². The SMILES string of the molecule is O=C(CCCC[C@@H]1SC[C@@H]2NC(=O)N[C@@H]21)N[C@@H]1CC[C@H](C(=O)O)C1. The molecule has 0 bridgehead atoms. The monoisotopic (exact) mass is 355 g/mol. The molecule has 2 heterocycles. The predicted octanol–water partition coefficient (Wildman–Crippen LogP) is 1.08. The average molecular weight is 355 g/mol. The minimum absolute atomic E-state index is 0.0181. The van der Waals surface area contributed by atoms with Crippen molar-refractivity contribution in [2.45, 2.75) is 68.3 Å². The van der Waals surface area contributed by atoms with Crippen LogP contribution >= 0.6 is 11.8 Å². The fourth-order valence-electron chi connectivity index (χ4n) is 3.91. The molecule has 0 unspecified atom stereocenters. The van der Waals surface area contributed by atoms with Crippen molar-refractivity contribution >= 4 is 29.7 Å². The molecule has 2 saturated heterocycles. The third kappa shape index (κ3) is 4.15. The van der Waals surface area contributed by atoms with E-state index >= 15 is 0 Å². The van der Waals surface area contributed by atoms with Gasteiger partial charge in [0.2, 0.25) is 5.91 Å². The van der Waals surface area contributed by atoms with Crippen LogP contribution in [-0.2, 0) is 9.59 Å². The molecule has 3 amide bonds. The lowest BCUT2D eigenvalue weighted by Gasteiger charge is -2.16. The van der Waals surface area contributed by atoms with E-state index in [4.69, 9.17) is 5.11 Å². The van der Waals surface area contributed by atoms with E-state index in [1.165, 1.54) is 0 Å². The molecule has 3 fully saturated rings. The van der Waals surface area contributed by atoms with Gasteiger partial charge in [-0.15, -0.1) is 0 Å². The first-order valence-electron chi connectivity index (χ1n) is 8.73. The van der Waals surface area contributed by atoms with Gasteiger partial charge in [-0.1, -0.05) is 6.42 Å². The smallest absolute Gasteiger partial charge is 0.315 e. The Hall–Kier alpha value is -1.44. The Balaban J connectivity index is 1.29. The van der Waals surface area contributed by atoms with Crippen molar-refractivity contribution in [3.05, 3.63) is 0 Å².